The van der Waals surface area contributed by atoms with E-state index in [0.717, 1.165) is 24.4 Å². The number of ether oxygens (including phenoxy) is 1. The fourth-order valence-electron chi connectivity index (χ4n) is 2.09. The summed E-state index contributed by atoms with van der Waals surface area (Å²) in [6.07, 6.45) is 0. The van der Waals surface area contributed by atoms with E-state index < -0.39 is 0 Å². The van der Waals surface area contributed by atoms with Gasteiger partial charge >= 0.3 is 0 Å². The van der Waals surface area contributed by atoms with Gasteiger partial charge in [-0.2, -0.15) is 0 Å². The standard InChI is InChI=1S/C16H17BrFNO/c1-19(10-12-4-3-5-14(8-12)20-2)11-13-6-7-16(18)15(17)9-13/h3-9H,10-11H2,1-2H3. The fraction of sp³-hybridized carbons (Fsp3) is 0.250. The number of benzene rings is 2. The van der Waals surface area contributed by atoms with Gasteiger partial charge in [-0.25, -0.2) is 4.39 Å². The Balaban J connectivity index is 2.00. The Labute approximate surface area is 127 Å². The molecule has 0 saturated carbocycles. The molecule has 0 aliphatic carbocycles. The van der Waals surface area contributed by atoms with E-state index in [9.17, 15) is 4.39 Å². The van der Waals surface area contributed by atoms with Crippen molar-refractivity contribution in [1.82, 2.24) is 4.90 Å². The smallest absolute Gasteiger partial charge is 0.137 e. The van der Waals surface area contributed by atoms with Crippen molar-refractivity contribution in [2.45, 2.75) is 13.1 Å². The van der Waals surface area contributed by atoms with Gasteiger partial charge in [0.2, 0.25) is 0 Å². The predicted octanol–water partition coefficient (Wildman–Crippen LogP) is 4.23. The van der Waals surface area contributed by atoms with Gasteiger partial charge in [0, 0.05) is 13.1 Å². The Hall–Kier alpha value is -1.39. The number of nitrogens with zero attached hydrogens (tertiary/aromatic N) is 1. The molecule has 0 bridgehead atoms. The van der Waals surface area contributed by atoms with Crippen molar-refractivity contribution in [3.05, 3.63) is 63.9 Å². The van der Waals surface area contributed by atoms with E-state index in [2.05, 4.69) is 26.9 Å². The monoisotopic (exact) mass is 337 g/mol. The van der Waals surface area contributed by atoms with Crippen LogP contribution in [0.3, 0.4) is 0 Å². The number of rotatable bonds is 5. The van der Waals surface area contributed by atoms with Gasteiger partial charge in [-0.3, -0.25) is 4.90 Å². The van der Waals surface area contributed by atoms with E-state index in [1.54, 1.807) is 7.11 Å². The van der Waals surface area contributed by atoms with Crippen molar-refractivity contribution in [2.75, 3.05) is 14.2 Å². The third-order valence-corrected chi connectivity index (χ3v) is 3.63. The van der Waals surface area contributed by atoms with Crippen LogP contribution in [-0.2, 0) is 13.1 Å². The summed E-state index contributed by atoms with van der Waals surface area (Å²) in [5.74, 6) is 0.629. The van der Waals surface area contributed by atoms with Gasteiger partial charge in [0.15, 0.2) is 0 Å². The van der Waals surface area contributed by atoms with E-state index in [-0.39, 0.29) is 5.82 Å². The van der Waals surface area contributed by atoms with E-state index >= 15 is 0 Å². The SMILES string of the molecule is COc1cccc(CN(C)Cc2ccc(F)c(Br)c2)c1. The van der Waals surface area contributed by atoms with Gasteiger partial charge in [0.25, 0.3) is 0 Å². The molecular formula is C16H17BrFNO. The summed E-state index contributed by atoms with van der Waals surface area (Å²) < 4.78 is 18.9. The molecule has 0 aromatic heterocycles. The number of hydrogen-bond donors (Lipinski definition) is 0. The normalized spacial score (nSPS) is 10.8. The minimum absolute atomic E-state index is 0.232. The Morgan fingerprint density at radius 1 is 1.10 bits per heavy atom. The van der Waals surface area contributed by atoms with Crippen LogP contribution in [0.25, 0.3) is 0 Å². The van der Waals surface area contributed by atoms with Crippen LogP contribution in [0.5, 0.6) is 5.75 Å². The molecule has 2 rings (SSSR count). The lowest BCUT2D eigenvalue weighted by atomic mass is 10.1. The van der Waals surface area contributed by atoms with Gasteiger partial charge in [-0.05, 0) is 58.4 Å². The Morgan fingerprint density at radius 2 is 1.80 bits per heavy atom. The zero-order valence-electron chi connectivity index (χ0n) is 11.6. The summed E-state index contributed by atoms with van der Waals surface area (Å²) in [5.41, 5.74) is 2.26. The zero-order valence-corrected chi connectivity index (χ0v) is 13.2. The highest BCUT2D eigenvalue weighted by molar-refractivity contribution is 9.10. The van der Waals surface area contributed by atoms with Crippen molar-refractivity contribution in [3.63, 3.8) is 0 Å². The van der Waals surface area contributed by atoms with Gasteiger partial charge in [-0.1, -0.05) is 18.2 Å². The molecular weight excluding hydrogens is 321 g/mol. The van der Waals surface area contributed by atoms with Gasteiger partial charge in [0.05, 0.1) is 11.6 Å². The van der Waals surface area contributed by atoms with E-state index in [1.165, 1.54) is 11.6 Å². The molecule has 0 heterocycles. The average Bonchev–Trinajstić information content (AvgIpc) is 2.43. The molecule has 0 radical (unpaired) electrons. The molecule has 0 aliphatic rings. The highest BCUT2D eigenvalue weighted by atomic mass is 79.9. The van der Waals surface area contributed by atoms with Crippen molar-refractivity contribution in [2.24, 2.45) is 0 Å². The molecule has 0 spiro atoms. The predicted molar refractivity (Wildman–Crippen MR) is 82.3 cm³/mol. The van der Waals surface area contributed by atoms with Crippen LogP contribution >= 0.6 is 15.9 Å². The van der Waals surface area contributed by atoms with E-state index in [4.69, 9.17) is 4.74 Å². The minimum Gasteiger partial charge on any atom is -0.497 e. The second kappa shape index (κ2) is 6.86. The maximum Gasteiger partial charge on any atom is 0.137 e. The Bertz CT molecular complexity index is 588. The lowest BCUT2D eigenvalue weighted by Crippen LogP contribution is -2.17. The maximum atomic E-state index is 13.2. The second-order valence-electron chi connectivity index (χ2n) is 4.77. The van der Waals surface area contributed by atoms with Crippen LogP contribution in [-0.4, -0.2) is 19.1 Å². The van der Waals surface area contributed by atoms with Gasteiger partial charge in [-0.15, -0.1) is 0 Å². The summed E-state index contributed by atoms with van der Waals surface area (Å²) in [7, 11) is 3.70. The summed E-state index contributed by atoms with van der Waals surface area (Å²) in [4.78, 5) is 2.18. The summed E-state index contributed by atoms with van der Waals surface area (Å²) in [6, 6.07) is 13.1. The summed E-state index contributed by atoms with van der Waals surface area (Å²) in [6.45, 7) is 1.57. The number of methoxy groups -OCH3 is 1. The van der Waals surface area contributed by atoms with Crippen LogP contribution < -0.4 is 4.74 Å². The third kappa shape index (κ3) is 4.05. The van der Waals surface area contributed by atoms with Crippen molar-refractivity contribution in [1.29, 1.82) is 0 Å². The molecule has 2 aromatic rings. The van der Waals surface area contributed by atoms with Crippen LogP contribution in [0.15, 0.2) is 46.9 Å². The molecule has 2 nitrogen and oxygen atoms in total. The largest absolute Gasteiger partial charge is 0.497 e. The zero-order chi connectivity index (χ0) is 14.5. The van der Waals surface area contributed by atoms with Gasteiger partial charge < -0.3 is 4.74 Å². The molecule has 0 saturated heterocycles. The first-order valence-corrected chi connectivity index (χ1v) is 7.13. The topological polar surface area (TPSA) is 12.5 Å². The highest BCUT2D eigenvalue weighted by Gasteiger charge is 2.05. The van der Waals surface area contributed by atoms with Gasteiger partial charge in [0.1, 0.15) is 11.6 Å². The van der Waals surface area contributed by atoms with Crippen LogP contribution in [0.2, 0.25) is 0 Å². The Kier molecular flexibility index (Phi) is 5.15. The first-order chi connectivity index (χ1) is 9.58. The van der Waals surface area contributed by atoms with Crippen LogP contribution in [0.4, 0.5) is 4.39 Å². The molecule has 0 atom stereocenters. The van der Waals surface area contributed by atoms with Crippen molar-refractivity contribution >= 4 is 15.9 Å². The van der Waals surface area contributed by atoms with Crippen LogP contribution in [0.1, 0.15) is 11.1 Å². The first kappa shape index (κ1) is 15.0. The molecule has 0 fully saturated rings. The third-order valence-electron chi connectivity index (χ3n) is 3.02. The highest BCUT2D eigenvalue weighted by Crippen LogP contribution is 2.19. The molecule has 106 valence electrons. The van der Waals surface area contributed by atoms with E-state index in [0.29, 0.717) is 4.47 Å². The van der Waals surface area contributed by atoms with Crippen molar-refractivity contribution in [3.8, 4) is 5.75 Å². The molecule has 2 aromatic carbocycles. The molecule has 0 unspecified atom stereocenters. The average molecular weight is 338 g/mol. The molecule has 0 N–H and O–H groups in total. The number of hydrogen-bond acceptors (Lipinski definition) is 2. The lowest BCUT2D eigenvalue weighted by molar-refractivity contribution is 0.318. The maximum absolute atomic E-state index is 13.2. The summed E-state index contributed by atoms with van der Waals surface area (Å²) >= 11 is 3.21. The molecule has 0 aliphatic heterocycles. The lowest BCUT2D eigenvalue weighted by Gasteiger charge is -2.17. The second-order valence-corrected chi connectivity index (χ2v) is 5.63. The fourth-order valence-corrected chi connectivity index (χ4v) is 2.51. The molecule has 0 amide bonds. The molecule has 4 heteroatoms. The molecule has 20 heavy (non-hydrogen) atoms. The quantitative estimate of drug-likeness (QED) is 0.809. The van der Waals surface area contributed by atoms with Crippen LogP contribution in [0, 0.1) is 5.82 Å². The van der Waals surface area contributed by atoms with E-state index in [1.807, 2.05) is 37.4 Å². The van der Waals surface area contributed by atoms with Crippen molar-refractivity contribution < 1.29 is 9.13 Å². The number of halogens is 2. The Morgan fingerprint density at radius 3 is 2.45 bits per heavy atom. The minimum atomic E-state index is -0.232. The summed E-state index contributed by atoms with van der Waals surface area (Å²) in [5, 5.41) is 0. The first-order valence-electron chi connectivity index (χ1n) is 6.34.